The van der Waals surface area contributed by atoms with Gasteiger partial charge in [0.05, 0.1) is 16.3 Å². The molecule has 33 heavy (non-hydrogen) atoms. The first kappa shape index (κ1) is 21.6. The van der Waals surface area contributed by atoms with Crippen LogP contribution in [0.3, 0.4) is 0 Å². The highest BCUT2D eigenvalue weighted by Gasteiger charge is 2.53. The lowest BCUT2D eigenvalue weighted by atomic mass is 9.48. The second kappa shape index (κ2) is 8.38. The highest BCUT2D eigenvalue weighted by molar-refractivity contribution is 8.26. The van der Waals surface area contributed by atoms with E-state index in [-0.39, 0.29) is 11.3 Å². The van der Waals surface area contributed by atoms with Gasteiger partial charge in [-0.15, -0.1) is 0 Å². The minimum atomic E-state index is 0.0578. The van der Waals surface area contributed by atoms with Crippen LogP contribution in [0.5, 0.6) is 0 Å². The molecule has 6 heteroatoms. The lowest BCUT2D eigenvalue weighted by molar-refractivity contribution is -0.122. The van der Waals surface area contributed by atoms with Crippen LogP contribution in [0.25, 0.3) is 11.8 Å². The van der Waals surface area contributed by atoms with E-state index in [0.29, 0.717) is 10.9 Å². The second-order valence-electron chi connectivity index (χ2n) is 10.6. The molecule has 5 fully saturated rings. The van der Waals surface area contributed by atoms with Gasteiger partial charge < -0.3 is 0 Å². The molecule has 5 aliphatic rings. The Morgan fingerprint density at radius 3 is 2.42 bits per heavy atom. The maximum Gasteiger partial charge on any atom is 0.266 e. The van der Waals surface area contributed by atoms with Crippen LogP contribution in [0.4, 0.5) is 0 Å². The number of benzene rings is 1. The van der Waals surface area contributed by atoms with Gasteiger partial charge in [-0.1, -0.05) is 55.5 Å². The van der Waals surface area contributed by atoms with E-state index >= 15 is 0 Å². The van der Waals surface area contributed by atoms with Crippen molar-refractivity contribution in [1.29, 1.82) is 0 Å². The number of carbonyl (C=O) groups is 1. The van der Waals surface area contributed by atoms with Crippen molar-refractivity contribution in [2.45, 2.75) is 63.7 Å². The van der Waals surface area contributed by atoms with E-state index in [2.05, 4.69) is 43.5 Å². The van der Waals surface area contributed by atoms with Gasteiger partial charge in [-0.05, 0) is 80.9 Å². The molecule has 2 aromatic rings. The van der Waals surface area contributed by atoms with Gasteiger partial charge in [0, 0.05) is 23.7 Å². The van der Waals surface area contributed by atoms with Gasteiger partial charge in [-0.3, -0.25) is 9.69 Å². The van der Waals surface area contributed by atoms with Crippen LogP contribution in [0, 0.1) is 17.8 Å². The molecule has 2 heterocycles. The molecule has 4 aliphatic carbocycles. The van der Waals surface area contributed by atoms with Crippen LogP contribution in [0.2, 0.25) is 0 Å². The van der Waals surface area contributed by atoms with E-state index in [1.54, 1.807) is 4.90 Å². The van der Waals surface area contributed by atoms with Gasteiger partial charge in [0.1, 0.15) is 4.32 Å². The van der Waals surface area contributed by atoms with Gasteiger partial charge in [0.2, 0.25) is 0 Å². The minimum Gasteiger partial charge on any atom is -0.293 e. The molecule has 1 aromatic heterocycles. The Morgan fingerprint density at radius 1 is 1.12 bits per heavy atom. The number of para-hydroxylation sites is 1. The zero-order valence-corrected chi connectivity index (χ0v) is 20.8. The summed E-state index contributed by atoms with van der Waals surface area (Å²) in [6.07, 6.45) is 14.2. The summed E-state index contributed by atoms with van der Waals surface area (Å²) in [5.41, 5.74) is 3.55. The van der Waals surface area contributed by atoms with E-state index in [1.807, 2.05) is 10.7 Å². The Morgan fingerprint density at radius 2 is 1.79 bits per heavy atom. The SMILES string of the molecule is CCCCN1C(=O)C(=Cc2cn(-c3ccccc3)nc2C23CC4CC(CC(C4)C2)C3)SC1=S. The van der Waals surface area contributed by atoms with Gasteiger partial charge in [0.15, 0.2) is 0 Å². The number of thioether (sulfide) groups is 1. The van der Waals surface area contributed by atoms with Crippen LogP contribution >= 0.6 is 24.0 Å². The number of hydrogen-bond acceptors (Lipinski definition) is 4. The van der Waals surface area contributed by atoms with Crippen molar-refractivity contribution in [2.75, 3.05) is 6.54 Å². The third-order valence-corrected chi connectivity index (χ3v) is 9.58. The van der Waals surface area contributed by atoms with Crippen molar-refractivity contribution in [3.8, 4) is 5.69 Å². The molecule has 0 spiro atoms. The predicted molar refractivity (Wildman–Crippen MR) is 138 cm³/mol. The first-order valence-corrected chi connectivity index (χ1v) is 13.7. The number of unbranched alkanes of at least 4 members (excludes halogenated alkanes) is 1. The number of nitrogens with zero attached hydrogens (tertiary/aromatic N) is 3. The molecule has 4 bridgehead atoms. The zero-order valence-electron chi connectivity index (χ0n) is 19.2. The van der Waals surface area contributed by atoms with Crippen molar-refractivity contribution in [1.82, 2.24) is 14.7 Å². The molecule has 4 nitrogen and oxygen atoms in total. The summed E-state index contributed by atoms with van der Waals surface area (Å²) >= 11 is 7.01. The van der Waals surface area contributed by atoms with E-state index in [9.17, 15) is 4.79 Å². The van der Waals surface area contributed by atoms with Gasteiger partial charge in [-0.2, -0.15) is 5.10 Å². The van der Waals surface area contributed by atoms with E-state index in [1.165, 1.54) is 56.0 Å². The average molecular weight is 478 g/mol. The molecule has 0 atom stereocenters. The maximum atomic E-state index is 13.2. The van der Waals surface area contributed by atoms with Crippen molar-refractivity contribution in [3.05, 3.63) is 52.7 Å². The first-order valence-electron chi connectivity index (χ1n) is 12.5. The molecule has 1 amide bonds. The van der Waals surface area contributed by atoms with Gasteiger partial charge in [0.25, 0.3) is 5.91 Å². The highest BCUT2D eigenvalue weighted by Crippen LogP contribution is 2.61. The largest absolute Gasteiger partial charge is 0.293 e. The van der Waals surface area contributed by atoms with E-state index < -0.39 is 0 Å². The Hall–Kier alpha value is -1.92. The molecule has 0 radical (unpaired) electrons. The summed E-state index contributed by atoms with van der Waals surface area (Å²) in [5.74, 6) is 2.59. The third kappa shape index (κ3) is 3.79. The van der Waals surface area contributed by atoms with Crippen LogP contribution in [-0.4, -0.2) is 31.5 Å². The summed E-state index contributed by atoms with van der Waals surface area (Å²) in [5, 5.41) is 5.23. The standard InChI is InChI=1S/C27H31N3OS2/c1-2-3-9-29-25(31)23(33-26(29)32)13-21-17-30(22-7-5-4-6-8-22)28-24(21)27-14-18-10-19(15-27)12-20(11-18)16-27/h4-8,13,17-20H,2-3,9-12,14-16H2,1H3. The topological polar surface area (TPSA) is 38.1 Å². The number of aromatic nitrogens is 2. The smallest absolute Gasteiger partial charge is 0.266 e. The summed E-state index contributed by atoms with van der Waals surface area (Å²) in [4.78, 5) is 15.7. The van der Waals surface area contributed by atoms with Crippen molar-refractivity contribution in [3.63, 3.8) is 0 Å². The van der Waals surface area contributed by atoms with Crippen molar-refractivity contribution < 1.29 is 4.79 Å². The molecule has 0 unspecified atom stereocenters. The molecular formula is C27H31N3OS2. The number of thiocarbonyl (C=S) groups is 1. The summed E-state index contributed by atoms with van der Waals surface area (Å²) in [6, 6.07) is 10.4. The van der Waals surface area contributed by atoms with Gasteiger partial charge >= 0.3 is 0 Å². The lowest BCUT2D eigenvalue weighted by Crippen LogP contribution is -2.49. The van der Waals surface area contributed by atoms with Crippen LogP contribution < -0.4 is 0 Å². The molecule has 1 aliphatic heterocycles. The summed E-state index contributed by atoms with van der Waals surface area (Å²) in [7, 11) is 0. The Labute approximate surface area is 205 Å². The second-order valence-corrected chi connectivity index (χ2v) is 12.3. The Balaban J connectivity index is 1.42. The van der Waals surface area contributed by atoms with Crippen molar-refractivity contribution in [2.24, 2.45) is 17.8 Å². The third-order valence-electron chi connectivity index (χ3n) is 8.20. The monoisotopic (exact) mass is 477 g/mol. The van der Waals surface area contributed by atoms with E-state index in [4.69, 9.17) is 17.3 Å². The highest BCUT2D eigenvalue weighted by atomic mass is 32.2. The molecule has 7 rings (SSSR count). The molecular weight excluding hydrogens is 446 g/mol. The fourth-order valence-electron chi connectivity index (χ4n) is 7.17. The average Bonchev–Trinajstić information content (AvgIpc) is 3.34. The lowest BCUT2D eigenvalue weighted by Gasteiger charge is -2.56. The fraction of sp³-hybridized carbons (Fsp3) is 0.519. The van der Waals surface area contributed by atoms with Crippen LogP contribution in [0.1, 0.15) is 69.5 Å². The predicted octanol–water partition coefficient (Wildman–Crippen LogP) is 6.34. The minimum absolute atomic E-state index is 0.0578. The first-order chi connectivity index (χ1) is 16.0. The Bertz CT molecular complexity index is 1080. The number of carbonyl (C=O) groups excluding carboxylic acids is 1. The maximum absolute atomic E-state index is 13.2. The van der Waals surface area contributed by atoms with E-state index in [0.717, 1.165) is 46.8 Å². The quantitative estimate of drug-likeness (QED) is 0.359. The molecule has 4 saturated carbocycles. The number of hydrogen-bond donors (Lipinski definition) is 0. The molecule has 172 valence electrons. The summed E-state index contributed by atoms with van der Waals surface area (Å²) in [6.45, 7) is 2.85. The van der Waals surface area contributed by atoms with Gasteiger partial charge in [-0.25, -0.2) is 4.68 Å². The molecule has 1 saturated heterocycles. The molecule has 0 N–H and O–H groups in total. The fourth-order valence-corrected chi connectivity index (χ4v) is 8.47. The van der Waals surface area contributed by atoms with Crippen LogP contribution in [-0.2, 0) is 10.2 Å². The van der Waals surface area contributed by atoms with Crippen LogP contribution in [0.15, 0.2) is 41.4 Å². The number of amides is 1. The molecule has 1 aromatic carbocycles. The zero-order chi connectivity index (χ0) is 22.6. The summed E-state index contributed by atoms with van der Waals surface area (Å²) < 4.78 is 2.71. The van der Waals surface area contributed by atoms with Crippen molar-refractivity contribution >= 4 is 40.3 Å². The Kier molecular flexibility index (Phi) is 5.49. The number of rotatable bonds is 6. The normalized spacial score (nSPS) is 31.8.